The smallest absolute Gasteiger partial charge is 0.0358 e. The second kappa shape index (κ2) is 11.5. The summed E-state index contributed by atoms with van der Waals surface area (Å²) in [7, 11) is 0. The van der Waals surface area contributed by atoms with Gasteiger partial charge in [0.25, 0.3) is 0 Å². The van der Waals surface area contributed by atoms with E-state index in [1.54, 1.807) is 0 Å². The Kier molecular flexibility index (Phi) is 6.77. The minimum absolute atomic E-state index is 1.27. The molecule has 2 heterocycles. The van der Waals surface area contributed by atoms with Crippen molar-refractivity contribution in [2.45, 2.75) is 13.8 Å². The minimum atomic E-state index is 1.27. The van der Waals surface area contributed by atoms with Crippen LogP contribution in [-0.4, -0.2) is 0 Å². The molecule has 0 aliphatic heterocycles. The summed E-state index contributed by atoms with van der Waals surface area (Å²) >= 11 is 3.75. The quantitative estimate of drug-likeness (QED) is 0.163. The largest absolute Gasteiger partial charge is 0.141 e. The van der Waals surface area contributed by atoms with Gasteiger partial charge >= 0.3 is 0 Å². The van der Waals surface area contributed by atoms with Crippen LogP contribution in [0.25, 0.3) is 97.0 Å². The molecule has 0 nitrogen and oxygen atoms in total. The molecule has 0 radical (unpaired) electrons. The van der Waals surface area contributed by atoms with Crippen LogP contribution in [0, 0.1) is 13.8 Å². The Morgan fingerprint density at radius 1 is 0.260 bits per heavy atom. The van der Waals surface area contributed by atoms with Crippen molar-refractivity contribution >= 4 is 76.5 Å². The number of hydrogen-bond donors (Lipinski definition) is 0. The number of thiophene rings is 2. The Hall–Kier alpha value is -5.54. The predicted octanol–water partition coefficient (Wildman–Crippen LogP) is 14.9. The first-order chi connectivity index (χ1) is 24.7. The lowest BCUT2D eigenvalue weighted by Crippen LogP contribution is -1.93. The van der Waals surface area contributed by atoms with Crippen LogP contribution in [0.3, 0.4) is 0 Å². The van der Waals surface area contributed by atoms with E-state index in [4.69, 9.17) is 0 Å². The molecule has 0 aliphatic carbocycles. The molecule has 0 unspecified atom stereocenters. The Morgan fingerprint density at radius 2 is 0.520 bits per heavy atom. The third-order valence-electron chi connectivity index (χ3n) is 10.3. The molecule has 0 saturated heterocycles. The molecule has 10 aromatic rings. The van der Waals surface area contributed by atoms with Crippen LogP contribution in [0.1, 0.15) is 9.75 Å². The van der Waals surface area contributed by atoms with Gasteiger partial charge in [-0.25, -0.2) is 0 Å². The fourth-order valence-corrected chi connectivity index (χ4v) is 10.1. The summed E-state index contributed by atoms with van der Waals surface area (Å²) in [5.41, 5.74) is 7.80. The number of hydrogen-bond acceptors (Lipinski definition) is 2. The highest BCUT2D eigenvalue weighted by Crippen LogP contribution is 2.50. The van der Waals surface area contributed by atoms with Crippen molar-refractivity contribution in [1.82, 2.24) is 0 Å². The molecule has 0 amide bonds. The zero-order valence-corrected chi connectivity index (χ0v) is 29.5. The zero-order chi connectivity index (χ0) is 33.3. The fourth-order valence-electron chi connectivity index (χ4n) is 8.24. The maximum Gasteiger partial charge on any atom is 0.0358 e. The molecule has 0 spiro atoms. The summed E-state index contributed by atoms with van der Waals surface area (Å²) in [4.78, 5) is 5.30. The first-order valence-corrected chi connectivity index (χ1v) is 18.8. The highest BCUT2D eigenvalue weighted by Gasteiger charge is 2.22. The Labute approximate surface area is 299 Å². The van der Waals surface area contributed by atoms with E-state index in [1.165, 1.54) is 107 Å². The van der Waals surface area contributed by atoms with E-state index in [0.29, 0.717) is 0 Å². The molecule has 0 N–H and O–H groups in total. The summed E-state index contributed by atoms with van der Waals surface area (Å²) in [5, 5.41) is 12.9. The van der Waals surface area contributed by atoms with Gasteiger partial charge in [-0.2, -0.15) is 0 Å². The van der Waals surface area contributed by atoms with Gasteiger partial charge in [0.15, 0.2) is 0 Å². The lowest BCUT2D eigenvalue weighted by Gasteiger charge is -2.21. The topological polar surface area (TPSA) is 0 Å². The highest BCUT2D eigenvalue weighted by atomic mass is 32.1. The van der Waals surface area contributed by atoms with Crippen molar-refractivity contribution in [2.75, 3.05) is 0 Å². The normalized spacial score (nSPS) is 11.8. The highest BCUT2D eigenvalue weighted by molar-refractivity contribution is 7.16. The fraction of sp³-hybridized carbons (Fsp3) is 0.0417. The van der Waals surface area contributed by atoms with Gasteiger partial charge in [-0.3, -0.25) is 0 Å². The number of rotatable bonds is 4. The van der Waals surface area contributed by atoms with Crippen LogP contribution in [0.15, 0.2) is 158 Å². The summed E-state index contributed by atoms with van der Waals surface area (Å²) in [6.45, 7) is 4.40. The molecule has 0 atom stereocenters. The van der Waals surface area contributed by atoms with E-state index in [9.17, 15) is 0 Å². The van der Waals surface area contributed by atoms with Gasteiger partial charge in [-0.05, 0) is 114 Å². The van der Waals surface area contributed by atoms with Gasteiger partial charge in [0, 0.05) is 30.6 Å². The summed E-state index contributed by atoms with van der Waals surface area (Å²) in [6, 6.07) is 58.9. The first kappa shape index (κ1) is 29.4. The molecular formula is C48H32S2. The van der Waals surface area contributed by atoms with Crippen LogP contribution in [0.2, 0.25) is 0 Å². The molecule has 2 aromatic heterocycles. The Bertz CT molecular complexity index is 2640. The molecule has 2 heteroatoms. The second-order valence-corrected chi connectivity index (χ2v) is 15.8. The van der Waals surface area contributed by atoms with Crippen LogP contribution in [0.5, 0.6) is 0 Å². The third-order valence-corrected chi connectivity index (χ3v) is 12.3. The number of benzene rings is 8. The maximum absolute atomic E-state index is 2.39. The molecule has 50 heavy (non-hydrogen) atoms. The van der Waals surface area contributed by atoms with Crippen LogP contribution in [-0.2, 0) is 0 Å². The van der Waals surface area contributed by atoms with E-state index in [0.717, 1.165) is 0 Å². The van der Waals surface area contributed by atoms with Crippen LogP contribution < -0.4 is 0 Å². The molecule has 8 aromatic carbocycles. The van der Waals surface area contributed by atoms with Crippen molar-refractivity contribution in [3.05, 3.63) is 167 Å². The predicted molar refractivity (Wildman–Crippen MR) is 221 cm³/mol. The van der Waals surface area contributed by atoms with Gasteiger partial charge in [0.05, 0.1) is 0 Å². The van der Waals surface area contributed by atoms with Gasteiger partial charge in [0.1, 0.15) is 0 Å². The van der Waals surface area contributed by atoms with Gasteiger partial charge in [0.2, 0.25) is 0 Å². The summed E-state index contributed by atoms with van der Waals surface area (Å²) < 4.78 is 0. The van der Waals surface area contributed by atoms with Crippen molar-refractivity contribution in [3.8, 4) is 43.1 Å². The average molecular weight is 673 g/mol. The van der Waals surface area contributed by atoms with Crippen LogP contribution >= 0.6 is 22.7 Å². The van der Waals surface area contributed by atoms with Crippen molar-refractivity contribution in [1.29, 1.82) is 0 Å². The number of fused-ring (bicyclic) bond motifs is 5. The van der Waals surface area contributed by atoms with Gasteiger partial charge in [-0.1, -0.05) is 133 Å². The van der Waals surface area contributed by atoms with E-state index in [1.807, 2.05) is 22.7 Å². The molecular weight excluding hydrogens is 641 g/mol. The lowest BCUT2D eigenvalue weighted by molar-refractivity contribution is 1.64. The molecule has 0 fully saturated rings. The Balaban J connectivity index is 1.31. The molecule has 10 rings (SSSR count). The molecule has 236 valence electrons. The average Bonchev–Trinajstić information content (AvgIpc) is 3.80. The van der Waals surface area contributed by atoms with Crippen LogP contribution in [0.4, 0.5) is 0 Å². The molecule has 0 bridgehead atoms. The van der Waals surface area contributed by atoms with Crippen molar-refractivity contribution in [3.63, 3.8) is 0 Å². The van der Waals surface area contributed by atoms with E-state index in [-0.39, 0.29) is 0 Å². The summed E-state index contributed by atoms with van der Waals surface area (Å²) in [6.07, 6.45) is 0. The second-order valence-electron chi connectivity index (χ2n) is 13.2. The van der Waals surface area contributed by atoms with E-state index in [2.05, 4.69) is 172 Å². The zero-order valence-electron chi connectivity index (χ0n) is 27.8. The van der Waals surface area contributed by atoms with E-state index < -0.39 is 0 Å². The third kappa shape index (κ3) is 4.42. The lowest BCUT2D eigenvalue weighted by atomic mass is 9.83. The van der Waals surface area contributed by atoms with Gasteiger partial charge in [-0.15, -0.1) is 22.7 Å². The summed E-state index contributed by atoms with van der Waals surface area (Å²) in [5.74, 6) is 0. The van der Waals surface area contributed by atoms with Gasteiger partial charge < -0.3 is 0 Å². The SMILES string of the molecule is Cc1ccc(-c2c3ccccc3c(-c3ccc(-c4c5ccccc5c(-c5ccc(C)s5)c5ccccc45)c4ccccc34)c3ccccc23)s1. The monoisotopic (exact) mass is 672 g/mol. The standard InChI is InChI=1S/C48H32S2/c1-29-23-27-43(49-29)47-37-19-9-5-15-33(37)45(34-16-6-10-20-38(34)47)41-25-26-42(32-14-4-3-13-31(32)41)46-35-17-7-11-21-39(35)48(44-28-24-30(2)50-44)40-22-12-8-18-36(40)46/h3-28H,1-2H3. The first-order valence-electron chi connectivity index (χ1n) is 17.2. The van der Waals surface area contributed by atoms with E-state index >= 15 is 0 Å². The number of aryl methyl sites for hydroxylation is 2. The molecule has 0 aliphatic rings. The maximum atomic E-state index is 2.39. The Morgan fingerprint density at radius 3 is 0.780 bits per heavy atom. The minimum Gasteiger partial charge on any atom is -0.141 e. The van der Waals surface area contributed by atoms with Crippen molar-refractivity contribution in [2.24, 2.45) is 0 Å². The molecule has 0 saturated carbocycles. The van der Waals surface area contributed by atoms with Crippen molar-refractivity contribution < 1.29 is 0 Å².